The molecule has 150 valence electrons. The van der Waals surface area contributed by atoms with E-state index >= 15 is 0 Å². The van der Waals surface area contributed by atoms with Crippen molar-refractivity contribution in [2.45, 2.75) is 6.92 Å². The zero-order valence-electron chi connectivity index (χ0n) is 16.0. The Labute approximate surface area is 170 Å². The molecule has 0 saturated heterocycles. The maximum absolute atomic E-state index is 12.7. The van der Waals surface area contributed by atoms with Gasteiger partial charge in [-0.15, -0.1) is 0 Å². The number of furan rings is 1. The van der Waals surface area contributed by atoms with Gasteiger partial charge in [0.25, 0.3) is 0 Å². The Bertz CT molecular complexity index is 1320. The van der Waals surface area contributed by atoms with E-state index in [9.17, 15) is 9.59 Å². The quantitative estimate of drug-likeness (QED) is 0.285. The third-order valence-corrected chi connectivity index (χ3v) is 4.90. The monoisotopic (exact) mass is 404 g/mol. The molecule has 0 bridgehead atoms. The first-order valence-corrected chi connectivity index (χ1v) is 9.33. The van der Waals surface area contributed by atoms with Crippen LogP contribution in [0.5, 0.6) is 17.2 Å². The number of carbonyl (C=O) groups is 1. The number of esters is 1. The fourth-order valence-corrected chi connectivity index (χ4v) is 3.48. The van der Waals surface area contributed by atoms with Crippen molar-refractivity contribution >= 4 is 16.9 Å². The Balaban J connectivity index is 1.58. The van der Waals surface area contributed by atoms with Gasteiger partial charge in [-0.2, -0.15) is 0 Å². The first-order chi connectivity index (χ1) is 14.6. The Kier molecular flexibility index (Phi) is 4.28. The highest BCUT2D eigenvalue weighted by molar-refractivity contribution is 5.91. The molecule has 4 aromatic rings. The van der Waals surface area contributed by atoms with Crippen LogP contribution < -0.4 is 19.8 Å². The van der Waals surface area contributed by atoms with Gasteiger partial charge in [0.2, 0.25) is 5.76 Å². The van der Waals surface area contributed by atoms with Crippen molar-refractivity contribution in [2.24, 2.45) is 0 Å². The highest BCUT2D eigenvalue weighted by Gasteiger charge is 2.19. The van der Waals surface area contributed by atoms with E-state index in [1.807, 2.05) is 6.92 Å². The van der Waals surface area contributed by atoms with Crippen molar-refractivity contribution in [3.8, 4) is 28.4 Å². The smallest absolute Gasteiger partial charge is 0.379 e. The number of ether oxygens (including phenoxy) is 3. The molecule has 2 aromatic carbocycles. The summed E-state index contributed by atoms with van der Waals surface area (Å²) in [5.41, 5.74) is 1.71. The van der Waals surface area contributed by atoms with Crippen LogP contribution in [0.2, 0.25) is 0 Å². The predicted molar refractivity (Wildman–Crippen MR) is 107 cm³/mol. The summed E-state index contributed by atoms with van der Waals surface area (Å²) in [6.07, 6.45) is 1.40. The Morgan fingerprint density at radius 3 is 2.63 bits per heavy atom. The highest BCUT2D eigenvalue weighted by Crippen LogP contribution is 2.36. The summed E-state index contributed by atoms with van der Waals surface area (Å²) in [7, 11) is 0. The largest absolute Gasteiger partial charge is 0.486 e. The van der Waals surface area contributed by atoms with E-state index in [1.165, 1.54) is 12.3 Å². The number of rotatable bonds is 3. The summed E-state index contributed by atoms with van der Waals surface area (Å²) in [6, 6.07) is 13.3. The lowest BCUT2D eigenvalue weighted by atomic mass is 9.99. The summed E-state index contributed by atoms with van der Waals surface area (Å²) in [4.78, 5) is 24.9. The first kappa shape index (κ1) is 18.1. The molecule has 5 rings (SSSR count). The fraction of sp³-hybridized carbons (Fsp3) is 0.130. The summed E-state index contributed by atoms with van der Waals surface area (Å²) in [5, 5.41) is 0.657. The molecule has 1 aliphatic rings. The minimum atomic E-state index is -0.610. The van der Waals surface area contributed by atoms with Crippen molar-refractivity contribution < 1.29 is 27.8 Å². The van der Waals surface area contributed by atoms with Gasteiger partial charge in [0.05, 0.1) is 11.8 Å². The van der Waals surface area contributed by atoms with Gasteiger partial charge in [0, 0.05) is 5.39 Å². The van der Waals surface area contributed by atoms with E-state index in [2.05, 4.69) is 0 Å². The lowest BCUT2D eigenvalue weighted by molar-refractivity contribution is 0.0701. The Hall–Kier alpha value is -4.00. The van der Waals surface area contributed by atoms with Gasteiger partial charge >= 0.3 is 11.6 Å². The lowest BCUT2D eigenvalue weighted by Crippen LogP contribution is -2.15. The van der Waals surface area contributed by atoms with E-state index in [0.29, 0.717) is 58.1 Å². The van der Waals surface area contributed by atoms with Crippen LogP contribution in [-0.2, 0) is 0 Å². The Morgan fingerprint density at radius 1 is 1.00 bits per heavy atom. The second-order valence-corrected chi connectivity index (χ2v) is 6.77. The van der Waals surface area contributed by atoms with E-state index in [0.717, 1.165) is 0 Å². The molecule has 0 unspecified atom stereocenters. The van der Waals surface area contributed by atoms with Gasteiger partial charge in [-0.1, -0.05) is 6.07 Å². The van der Waals surface area contributed by atoms with E-state index in [-0.39, 0.29) is 5.76 Å². The maximum atomic E-state index is 12.7. The molecule has 1 aliphatic heterocycles. The molecule has 7 nitrogen and oxygen atoms in total. The van der Waals surface area contributed by atoms with Gasteiger partial charge < -0.3 is 23.0 Å². The average Bonchev–Trinajstić information content (AvgIpc) is 3.29. The van der Waals surface area contributed by atoms with Gasteiger partial charge in [-0.25, -0.2) is 9.59 Å². The molecule has 0 amide bonds. The van der Waals surface area contributed by atoms with Gasteiger partial charge in [-0.3, -0.25) is 0 Å². The molecule has 7 heteroatoms. The molecule has 0 atom stereocenters. The van der Waals surface area contributed by atoms with Gasteiger partial charge in [0.15, 0.2) is 11.5 Å². The summed E-state index contributed by atoms with van der Waals surface area (Å²) in [5.74, 6) is 1.03. The van der Waals surface area contributed by atoms with Crippen molar-refractivity contribution in [3.05, 3.63) is 76.5 Å². The van der Waals surface area contributed by atoms with Crippen LogP contribution in [0.1, 0.15) is 16.1 Å². The topological polar surface area (TPSA) is 88.1 Å². The summed E-state index contributed by atoms with van der Waals surface area (Å²) >= 11 is 0. The molecule has 0 aliphatic carbocycles. The number of benzene rings is 2. The highest BCUT2D eigenvalue weighted by atomic mass is 16.6. The third-order valence-electron chi connectivity index (χ3n) is 4.90. The predicted octanol–water partition coefficient (Wildman–Crippen LogP) is 4.35. The molecular weight excluding hydrogens is 388 g/mol. The van der Waals surface area contributed by atoms with Crippen molar-refractivity contribution in [2.75, 3.05) is 13.2 Å². The molecule has 0 fully saturated rings. The molecule has 30 heavy (non-hydrogen) atoms. The minimum absolute atomic E-state index is 0.100. The molecule has 0 N–H and O–H groups in total. The normalized spacial score (nSPS) is 12.7. The molecule has 0 saturated carbocycles. The van der Waals surface area contributed by atoms with Crippen LogP contribution in [0, 0.1) is 6.92 Å². The lowest BCUT2D eigenvalue weighted by Gasteiger charge is -2.19. The summed E-state index contributed by atoms with van der Waals surface area (Å²) in [6.45, 7) is 2.76. The second-order valence-electron chi connectivity index (χ2n) is 6.77. The average molecular weight is 404 g/mol. The van der Waals surface area contributed by atoms with Crippen LogP contribution in [0.15, 0.2) is 68.4 Å². The second kappa shape index (κ2) is 7.11. The van der Waals surface area contributed by atoms with Crippen molar-refractivity contribution in [3.63, 3.8) is 0 Å². The minimum Gasteiger partial charge on any atom is -0.486 e. The molecule has 3 heterocycles. The van der Waals surface area contributed by atoms with Crippen LogP contribution in [0.25, 0.3) is 22.1 Å². The zero-order chi connectivity index (χ0) is 20.7. The molecular formula is C23H16O7. The SMILES string of the molecule is Cc1c(-c2ccc3c(c2)OCCO3)c(=O)oc2ccc(OC(=O)c3ccco3)cc12. The van der Waals surface area contributed by atoms with Crippen molar-refractivity contribution in [1.82, 2.24) is 0 Å². The first-order valence-electron chi connectivity index (χ1n) is 9.33. The van der Waals surface area contributed by atoms with Crippen LogP contribution in [0.3, 0.4) is 0 Å². The number of carbonyl (C=O) groups excluding carboxylic acids is 1. The van der Waals surface area contributed by atoms with Crippen LogP contribution in [-0.4, -0.2) is 19.2 Å². The van der Waals surface area contributed by atoms with Gasteiger partial charge in [-0.05, 0) is 60.5 Å². The van der Waals surface area contributed by atoms with Crippen LogP contribution in [0.4, 0.5) is 0 Å². The molecule has 0 radical (unpaired) electrons. The number of hydrogen-bond acceptors (Lipinski definition) is 7. The van der Waals surface area contributed by atoms with Crippen molar-refractivity contribution in [1.29, 1.82) is 0 Å². The molecule has 2 aromatic heterocycles. The van der Waals surface area contributed by atoms with E-state index in [4.69, 9.17) is 23.0 Å². The standard InChI is InChI=1S/C23H16O7/c1-13-16-12-15(29-22(24)19-3-2-8-26-19)5-7-17(16)30-23(25)21(13)14-4-6-18-20(11-14)28-10-9-27-18/h2-8,11-12H,9-10H2,1H3. The zero-order valence-corrected chi connectivity index (χ0v) is 16.0. The van der Waals surface area contributed by atoms with E-state index < -0.39 is 11.6 Å². The van der Waals surface area contributed by atoms with E-state index in [1.54, 1.807) is 42.5 Å². The number of fused-ring (bicyclic) bond motifs is 2. The third kappa shape index (κ3) is 3.10. The maximum Gasteiger partial charge on any atom is 0.379 e. The molecule has 0 spiro atoms. The van der Waals surface area contributed by atoms with Crippen LogP contribution >= 0.6 is 0 Å². The fourth-order valence-electron chi connectivity index (χ4n) is 3.48. The van der Waals surface area contributed by atoms with Gasteiger partial charge in [0.1, 0.15) is 24.5 Å². The number of aryl methyl sites for hydroxylation is 1. The number of hydrogen-bond donors (Lipinski definition) is 0. The Morgan fingerprint density at radius 2 is 1.83 bits per heavy atom. The summed E-state index contributed by atoms with van der Waals surface area (Å²) < 4.78 is 27.1.